The second-order valence-corrected chi connectivity index (χ2v) is 4.55. The van der Waals surface area contributed by atoms with Crippen LogP contribution in [0.15, 0.2) is 42.6 Å². The van der Waals surface area contributed by atoms with Crippen molar-refractivity contribution in [1.29, 1.82) is 0 Å². The molecule has 20 heavy (non-hydrogen) atoms. The number of ether oxygens (including phenoxy) is 1. The van der Waals surface area contributed by atoms with Crippen molar-refractivity contribution in [1.82, 2.24) is 10.3 Å². The van der Waals surface area contributed by atoms with E-state index in [4.69, 9.17) is 9.84 Å². The van der Waals surface area contributed by atoms with E-state index in [1.54, 1.807) is 6.20 Å². The SMILES string of the molecule is CCCNCc1cccnc1Oc1ccc(CO)cc1. The number of aliphatic hydroxyl groups is 1. The number of rotatable bonds is 7. The molecule has 0 aliphatic carbocycles. The van der Waals surface area contributed by atoms with E-state index >= 15 is 0 Å². The zero-order valence-corrected chi connectivity index (χ0v) is 11.7. The first kappa shape index (κ1) is 14.5. The molecule has 1 aromatic carbocycles. The molecule has 2 N–H and O–H groups in total. The van der Waals surface area contributed by atoms with Gasteiger partial charge in [0.25, 0.3) is 0 Å². The molecule has 0 saturated heterocycles. The minimum absolute atomic E-state index is 0.0378. The predicted octanol–water partition coefficient (Wildman–Crippen LogP) is 2.87. The molecule has 0 aliphatic rings. The van der Waals surface area contributed by atoms with E-state index in [0.717, 1.165) is 36.4 Å². The Morgan fingerprint density at radius 3 is 2.70 bits per heavy atom. The van der Waals surface area contributed by atoms with Gasteiger partial charge in [-0.3, -0.25) is 0 Å². The second kappa shape index (κ2) is 7.62. The molecule has 2 aromatic rings. The van der Waals surface area contributed by atoms with Gasteiger partial charge in [0.05, 0.1) is 6.61 Å². The highest BCUT2D eigenvalue weighted by Crippen LogP contribution is 2.23. The standard InChI is InChI=1S/C16H20N2O2/c1-2-9-17-11-14-4-3-10-18-16(14)20-15-7-5-13(12-19)6-8-15/h3-8,10,17,19H,2,9,11-12H2,1H3. The van der Waals surface area contributed by atoms with Gasteiger partial charge in [-0.15, -0.1) is 0 Å². The third kappa shape index (κ3) is 4.05. The number of aromatic nitrogens is 1. The minimum atomic E-state index is 0.0378. The van der Waals surface area contributed by atoms with Crippen molar-refractivity contribution in [3.05, 3.63) is 53.7 Å². The fourth-order valence-corrected chi connectivity index (χ4v) is 1.82. The van der Waals surface area contributed by atoms with Gasteiger partial charge in [0.1, 0.15) is 5.75 Å². The van der Waals surface area contributed by atoms with Crippen molar-refractivity contribution in [3.63, 3.8) is 0 Å². The summed E-state index contributed by atoms with van der Waals surface area (Å²) in [5.41, 5.74) is 1.90. The maximum Gasteiger partial charge on any atom is 0.223 e. The summed E-state index contributed by atoms with van der Waals surface area (Å²) in [6, 6.07) is 11.3. The number of aliphatic hydroxyl groups excluding tert-OH is 1. The number of nitrogens with zero attached hydrogens (tertiary/aromatic N) is 1. The van der Waals surface area contributed by atoms with Crippen LogP contribution in [-0.4, -0.2) is 16.6 Å². The van der Waals surface area contributed by atoms with Crippen LogP contribution >= 0.6 is 0 Å². The first-order valence-corrected chi connectivity index (χ1v) is 6.85. The molecule has 0 spiro atoms. The lowest BCUT2D eigenvalue weighted by Gasteiger charge is -2.10. The Morgan fingerprint density at radius 2 is 2.00 bits per heavy atom. The molecule has 4 heteroatoms. The Bertz CT molecular complexity index is 526. The lowest BCUT2D eigenvalue weighted by atomic mass is 10.2. The molecular weight excluding hydrogens is 252 g/mol. The molecule has 0 unspecified atom stereocenters. The van der Waals surface area contributed by atoms with E-state index in [1.807, 2.05) is 36.4 Å². The average molecular weight is 272 g/mol. The van der Waals surface area contributed by atoms with Gasteiger partial charge in [-0.05, 0) is 36.7 Å². The van der Waals surface area contributed by atoms with Gasteiger partial charge >= 0.3 is 0 Å². The van der Waals surface area contributed by atoms with E-state index in [0.29, 0.717) is 5.88 Å². The van der Waals surface area contributed by atoms with Gasteiger partial charge in [-0.25, -0.2) is 4.98 Å². The summed E-state index contributed by atoms with van der Waals surface area (Å²) in [7, 11) is 0. The first-order chi connectivity index (χ1) is 9.83. The highest BCUT2D eigenvalue weighted by molar-refractivity contribution is 5.33. The van der Waals surface area contributed by atoms with Gasteiger partial charge < -0.3 is 15.2 Å². The maximum atomic E-state index is 9.02. The van der Waals surface area contributed by atoms with Crippen molar-refractivity contribution in [2.45, 2.75) is 26.5 Å². The summed E-state index contributed by atoms with van der Waals surface area (Å²) in [5.74, 6) is 1.34. The molecule has 2 rings (SSSR count). The lowest BCUT2D eigenvalue weighted by molar-refractivity contribution is 0.281. The van der Waals surface area contributed by atoms with Gasteiger partial charge in [0.2, 0.25) is 5.88 Å². The van der Waals surface area contributed by atoms with Crippen molar-refractivity contribution in [2.75, 3.05) is 6.54 Å². The Kier molecular flexibility index (Phi) is 5.53. The van der Waals surface area contributed by atoms with Crippen LogP contribution in [0.4, 0.5) is 0 Å². The molecule has 0 bridgehead atoms. The van der Waals surface area contributed by atoms with Gasteiger partial charge in [-0.2, -0.15) is 0 Å². The zero-order valence-electron chi connectivity index (χ0n) is 11.7. The minimum Gasteiger partial charge on any atom is -0.439 e. The Labute approximate surface area is 119 Å². The molecule has 0 amide bonds. The summed E-state index contributed by atoms with van der Waals surface area (Å²) >= 11 is 0. The number of nitrogens with one attached hydrogen (secondary N) is 1. The third-order valence-corrected chi connectivity index (χ3v) is 2.91. The molecule has 0 aliphatic heterocycles. The zero-order chi connectivity index (χ0) is 14.2. The fraction of sp³-hybridized carbons (Fsp3) is 0.312. The van der Waals surface area contributed by atoms with E-state index < -0.39 is 0 Å². The summed E-state index contributed by atoms with van der Waals surface area (Å²) in [5, 5.41) is 12.4. The summed E-state index contributed by atoms with van der Waals surface area (Å²) in [6.07, 6.45) is 2.82. The van der Waals surface area contributed by atoms with Crippen molar-refractivity contribution < 1.29 is 9.84 Å². The molecule has 1 heterocycles. The van der Waals surface area contributed by atoms with Crippen molar-refractivity contribution in [2.24, 2.45) is 0 Å². The fourth-order valence-electron chi connectivity index (χ4n) is 1.82. The van der Waals surface area contributed by atoms with Crippen LogP contribution in [0.2, 0.25) is 0 Å². The van der Waals surface area contributed by atoms with Crippen molar-refractivity contribution in [3.8, 4) is 11.6 Å². The lowest BCUT2D eigenvalue weighted by Crippen LogP contribution is -2.14. The highest BCUT2D eigenvalue weighted by atomic mass is 16.5. The third-order valence-electron chi connectivity index (χ3n) is 2.91. The van der Waals surface area contributed by atoms with Gasteiger partial charge in [-0.1, -0.05) is 25.1 Å². The largest absolute Gasteiger partial charge is 0.439 e. The van der Waals surface area contributed by atoms with Crippen molar-refractivity contribution >= 4 is 0 Å². The normalized spacial score (nSPS) is 10.5. The van der Waals surface area contributed by atoms with Crippen LogP contribution < -0.4 is 10.1 Å². The molecule has 0 saturated carbocycles. The van der Waals surface area contributed by atoms with Gasteiger partial charge in [0.15, 0.2) is 0 Å². The Hall–Kier alpha value is -1.91. The van der Waals surface area contributed by atoms with Crippen LogP contribution in [-0.2, 0) is 13.2 Å². The van der Waals surface area contributed by atoms with E-state index in [2.05, 4.69) is 17.2 Å². The van der Waals surface area contributed by atoms with Gasteiger partial charge in [0, 0.05) is 18.3 Å². The van der Waals surface area contributed by atoms with Crippen LogP contribution in [0.3, 0.4) is 0 Å². The van der Waals surface area contributed by atoms with Crippen LogP contribution in [0.1, 0.15) is 24.5 Å². The molecule has 0 atom stereocenters. The van der Waals surface area contributed by atoms with E-state index in [9.17, 15) is 0 Å². The van der Waals surface area contributed by atoms with E-state index in [1.165, 1.54) is 0 Å². The molecule has 0 fully saturated rings. The Morgan fingerprint density at radius 1 is 1.20 bits per heavy atom. The predicted molar refractivity (Wildman–Crippen MR) is 78.7 cm³/mol. The summed E-state index contributed by atoms with van der Waals surface area (Å²) in [4.78, 5) is 4.28. The van der Waals surface area contributed by atoms with Crippen LogP contribution in [0.5, 0.6) is 11.6 Å². The smallest absolute Gasteiger partial charge is 0.223 e. The molecule has 4 nitrogen and oxygen atoms in total. The molecule has 106 valence electrons. The second-order valence-electron chi connectivity index (χ2n) is 4.55. The number of hydrogen-bond donors (Lipinski definition) is 2. The van der Waals surface area contributed by atoms with Crippen LogP contribution in [0.25, 0.3) is 0 Å². The van der Waals surface area contributed by atoms with E-state index in [-0.39, 0.29) is 6.61 Å². The molecule has 0 radical (unpaired) electrons. The van der Waals surface area contributed by atoms with Crippen LogP contribution in [0, 0.1) is 0 Å². The summed E-state index contributed by atoms with van der Waals surface area (Å²) in [6.45, 7) is 3.89. The number of benzene rings is 1. The molecular formula is C16H20N2O2. The topological polar surface area (TPSA) is 54.4 Å². The first-order valence-electron chi connectivity index (χ1n) is 6.85. The quantitative estimate of drug-likeness (QED) is 0.761. The average Bonchev–Trinajstić information content (AvgIpc) is 2.50. The Balaban J connectivity index is 2.07. The number of pyridine rings is 1. The highest BCUT2D eigenvalue weighted by Gasteiger charge is 2.05. The summed E-state index contributed by atoms with van der Waals surface area (Å²) < 4.78 is 5.81. The molecule has 1 aromatic heterocycles. The number of hydrogen-bond acceptors (Lipinski definition) is 4. The monoisotopic (exact) mass is 272 g/mol. The maximum absolute atomic E-state index is 9.02.